The summed E-state index contributed by atoms with van der Waals surface area (Å²) in [5.74, 6) is -2.37. The second-order valence-electron chi connectivity index (χ2n) is 21.9. The number of hydrogen-bond donors (Lipinski definition) is 22. The normalized spacial score (nSPS) is 49.4. The lowest BCUT2D eigenvalue weighted by Crippen LogP contribution is -2.70. The third kappa shape index (κ3) is 15.7. The standard InChI is InChI=1S/C48H81N3O35/c1-11-24(58)32(66)35(69)45(77-11)76-10-20-40(30(64)21(42(73)78-20)49-12(2)55)84-44-23(51-14(4)57)31(65)39(17(7-54)81-44)85-48-38(72)41(86-47-37(71)33(67)26(60)16(6-53)80-47)28(62)19(83-48)9-75-46-36(70)34(68)27(61)18(82-46)8-74-43-22(50-13(3)56)29(63)25(59)15(5-52)79-43/h11,15-48,52-54,58-73H,5-10H2,1-4H3,(H,49,55)(H,50,56)(H,51,57)/t11-,15-,16-,17-,18-,19-,20-,21-,22-,23-,24+,25-,26-,27-,28-,29-,30-,31-,32+,33+,34+,35-,36+,37+,38+,39-,40-,41+,42-,43-,44+,45+,46+,47-,48+/m1/s1. The van der Waals surface area contributed by atoms with Gasteiger partial charge in [-0.05, 0) is 6.92 Å². The number of amides is 3. The molecule has 7 heterocycles. The van der Waals surface area contributed by atoms with Gasteiger partial charge in [-0.3, -0.25) is 14.4 Å². The summed E-state index contributed by atoms with van der Waals surface area (Å²) >= 11 is 0. The molecule has 0 aromatic heterocycles. The molecule has 0 aromatic carbocycles. The van der Waals surface area contributed by atoms with Gasteiger partial charge >= 0.3 is 0 Å². The zero-order valence-corrected chi connectivity index (χ0v) is 46.5. The highest BCUT2D eigenvalue weighted by atomic mass is 16.8. The van der Waals surface area contributed by atoms with Crippen molar-refractivity contribution in [2.75, 3.05) is 39.6 Å². The highest BCUT2D eigenvalue weighted by Gasteiger charge is 2.57. The molecule has 0 radical (unpaired) electrons. The van der Waals surface area contributed by atoms with E-state index in [-0.39, 0.29) is 0 Å². The van der Waals surface area contributed by atoms with Gasteiger partial charge in [0.2, 0.25) is 17.7 Å². The SMILES string of the molecule is CC(=O)N[C@@H]1[C@@H](O)[C@H](O[C@@H]2O[C@H](CO)[C@@H](O[C@@H]3O[C@H](CO[C@H]4O[C@H](CO[C@@H]5O[C@H](CO)[C@@H](O)[C@H](O)[C@H]5NC(C)=O)[C@@H](O)[C@H](O)[C@@H]4O)[C@@H](O)[C@H](O[C@H]4O[C@H](CO)[C@@H](O)[C@H](O)[C@@H]4O)[C@@H]3O)[C@H](O)[C@H]2NC(C)=O)[C@@H](CO[C@H]2O[C@H](C)[C@H](O)[C@H](O)[C@H]2O)O[C@H]1O. The van der Waals surface area contributed by atoms with Crippen LogP contribution in [0.25, 0.3) is 0 Å². The number of carbonyl (C=O) groups is 3. The topological polar surface area (TPSA) is 592 Å². The fraction of sp³-hybridized carbons (Fsp3) is 0.938. The zero-order valence-electron chi connectivity index (χ0n) is 46.5. The van der Waals surface area contributed by atoms with Crippen LogP contribution in [0.2, 0.25) is 0 Å². The molecule has 0 spiro atoms. The molecule has 0 bridgehead atoms. The van der Waals surface area contributed by atoms with E-state index in [1.54, 1.807) is 0 Å². The van der Waals surface area contributed by atoms with Crippen molar-refractivity contribution in [2.24, 2.45) is 0 Å². The third-order valence-corrected chi connectivity index (χ3v) is 15.7. The smallest absolute Gasteiger partial charge is 0.217 e. The minimum Gasteiger partial charge on any atom is -0.394 e. The predicted octanol–water partition coefficient (Wildman–Crippen LogP) is -14.8. The fourth-order valence-electron chi connectivity index (χ4n) is 10.8. The Hall–Kier alpha value is -2.87. The molecular weight excluding hydrogens is 1180 g/mol. The molecule has 7 rings (SSSR count). The second-order valence-corrected chi connectivity index (χ2v) is 21.9. The van der Waals surface area contributed by atoms with Gasteiger partial charge in [-0.2, -0.15) is 0 Å². The van der Waals surface area contributed by atoms with Gasteiger partial charge in [0.1, 0.15) is 165 Å². The van der Waals surface area contributed by atoms with Gasteiger partial charge in [-0.1, -0.05) is 0 Å². The van der Waals surface area contributed by atoms with Crippen molar-refractivity contribution in [2.45, 2.75) is 242 Å². The summed E-state index contributed by atoms with van der Waals surface area (Å²) in [6.07, 6.45) is -60.3. The molecule has 35 atom stereocenters. The molecule has 86 heavy (non-hydrogen) atoms. The molecule has 22 N–H and O–H groups in total. The van der Waals surface area contributed by atoms with Crippen LogP contribution >= 0.6 is 0 Å². The minimum atomic E-state index is -2.32. The molecule has 0 unspecified atom stereocenters. The summed E-state index contributed by atoms with van der Waals surface area (Å²) in [6.45, 7) is -0.980. The predicted molar refractivity (Wildman–Crippen MR) is 265 cm³/mol. The first-order valence-electron chi connectivity index (χ1n) is 27.5. The van der Waals surface area contributed by atoms with E-state index in [2.05, 4.69) is 16.0 Å². The lowest BCUT2D eigenvalue weighted by Gasteiger charge is -2.50. The van der Waals surface area contributed by atoms with Crippen molar-refractivity contribution < 1.29 is 173 Å². The summed E-state index contributed by atoms with van der Waals surface area (Å²) in [5, 5.41) is 213. The fourth-order valence-corrected chi connectivity index (χ4v) is 10.8. The van der Waals surface area contributed by atoms with Crippen LogP contribution in [0.3, 0.4) is 0 Å². The summed E-state index contributed by atoms with van der Waals surface area (Å²) in [4.78, 5) is 37.0. The van der Waals surface area contributed by atoms with Crippen molar-refractivity contribution >= 4 is 17.7 Å². The Morgan fingerprint density at radius 1 is 0.326 bits per heavy atom. The quantitative estimate of drug-likeness (QED) is 0.0507. The van der Waals surface area contributed by atoms with Gasteiger partial charge in [0, 0.05) is 20.8 Å². The Balaban J connectivity index is 1.13. The van der Waals surface area contributed by atoms with E-state index in [0.29, 0.717) is 0 Å². The molecule has 0 saturated carbocycles. The van der Waals surface area contributed by atoms with Crippen molar-refractivity contribution in [3.63, 3.8) is 0 Å². The average Bonchev–Trinajstić information content (AvgIpc) is 1.03. The van der Waals surface area contributed by atoms with E-state index in [0.717, 1.165) is 20.8 Å². The van der Waals surface area contributed by atoms with E-state index < -0.39 is 272 Å². The Morgan fingerprint density at radius 3 is 1.24 bits per heavy atom. The molecule has 7 saturated heterocycles. The molecule has 7 aliphatic heterocycles. The van der Waals surface area contributed by atoms with Crippen LogP contribution in [-0.4, -0.2) is 369 Å². The van der Waals surface area contributed by atoms with Crippen molar-refractivity contribution in [1.82, 2.24) is 16.0 Å². The van der Waals surface area contributed by atoms with Crippen molar-refractivity contribution in [3.05, 3.63) is 0 Å². The lowest BCUT2D eigenvalue weighted by molar-refractivity contribution is -0.384. The monoisotopic (exact) mass is 1260 g/mol. The first kappa shape index (κ1) is 70.6. The largest absolute Gasteiger partial charge is 0.394 e. The molecule has 7 aliphatic rings. The summed E-state index contributed by atoms with van der Waals surface area (Å²) < 4.78 is 75.0. The number of nitrogens with one attached hydrogen (secondary N) is 3. The number of hydrogen-bond acceptors (Lipinski definition) is 35. The van der Waals surface area contributed by atoms with Crippen molar-refractivity contribution in [1.29, 1.82) is 0 Å². The molecule has 38 nitrogen and oxygen atoms in total. The highest BCUT2D eigenvalue weighted by molar-refractivity contribution is 5.74. The maximum absolute atomic E-state index is 12.8. The highest BCUT2D eigenvalue weighted by Crippen LogP contribution is 2.36. The van der Waals surface area contributed by atoms with Gasteiger partial charge < -0.3 is 175 Å². The van der Waals surface area contributed by atoms with Crippen molar-refractivity contribution in [3.8, 4) is 0 Å². The Morgan fingerprint density at radius 2 is 0.686 bits per heavy atom. The first-order chi connectivity index (χ1) is 40.5. The maximum atomic E-state index is 12.8. The van der Waals surface area contributed by atoms with Gasteiger partial charge in [0.15, 0.2) is 44.0 Å². The van der Waals surface area contributed by atoms with Crippen LogP contribution in [0.5, 0.6) is 0 Å². The summed E-state index contributed by atoms with van der Waals surface area (Å²) in [6, 6.07) is -4.97. The van der Waals surface area contributed by atoms with Crippen LogP contribution < -0.4 is 16.0 Å². The minimum absolute atomic E-state index is 0.706. The van der Waals surface area contributed by atoms with Crippen LogP contribution in [0, 0.1) is 0 Å². The maximum Gasteiger partial charge on any atom is 0.217 e. The molecule has 38 heteroatoms. The van der Waals surface area contributed by atoms with Crippen LogP contribution in [0.4, 0.5) is 0 Å². The molecule has 0 aliphatic carbocycles. The van der Waals surface area contributed by atoms with Gasteiger partial charge in [0.05, 0.1) is 45.7 Å². The molecule has 7 fully saturated rings. The number of carbonyl (C=O) groups excluding carboxylic acids is 3. The molecule has 3 amide bonds. The van der Waals surface area contributed by atoms with Crippen LogP contribution in [0.1, 0.15) is 27.7 Å². The average molecular weight is 1260 g/mol. The summed E-state index contributed by atoms with van der Waals surface area (Å²) in [5.41, 5.74) is 0. The zero-order chi connectivity index (χ0) is 63.5. The molecular formula is C48H81N3O35. The first-order valence-corrected chi connectivity index (χ1v) is 27.5. The van der Waals surface area contributed by atoms with Gasteiger partial charge in [-0.25, -0.2) is 0 Å². The Kier molecular flexibility index (Phi) is 25.0. The van der Waals surface area contributed by atoms with E-state index in [9.17, 15) is 111 Å². The lowest BCUT2D eigenvalue weighted by atomic mass is 9.94. The van der Waals surface area contributed by atoms with Crippen LogP contribution in [0.15, 0.2) is 0 Å². The van der Waals surface area contributed by atoms with Gasteiger partial charge in [-0.15, -0.1) is 0 Å². The van der Waals surface area contributed by atoms with E-state index in [4.69, 9.17) is 61.6 Å². The Bertz CT molecular complexity index is 2170. The number of ether oxygens (including phenoxy) is 13. The number of rotatable bonds is 21. The molecule has 498 valence electrons. The second kappa shape index (κ2) is 30.5. The van der Waals surface area contributed by atoms with E-state index in [1.807, 2.05) is 0 Å². The number of aliphatic hydroxyl groups excluding tert-OH is 19. The molecule has 0 aromatic rings. The third-order valence-electron chi connectivity index (χ3n) is 15.7. The number of aliphatic hydroxyl groups is 19. The van der Waals surface area contributed by atoms with E-state index >= 15 is 0 Å². The Labute approximate surface area is 488 Å². The van der Waals surface area contributed by atoms with Crippen LogP contribution in [-0.2, 0) is 76.0 Å². The summed E-state index contributed by atoms with van der Waals surface area (Å²) in [7, 11) is 0. The van der Waals surface area contributed by atoms with Gasteiger partial charge in [0.25, 0.3) is 0 Å². The van der Waals surface area contributed by atoms with E-state index in [1.165, 1.54) is 6.92 Å².